The first-order valence-corrected chi connectivity index (χ1v) is 11.2. The van der Waals surface area contributed by atoms with Crippen LogP contribution in [0.1, 0.15) is 54.1 Å². The summed E-state index contributed by atoms with van der Waals surface area (Å²) < 4.78 is 21.3. The van der Waals surface area contributed by atoms with Gasteiger partial charge >= 0.3 is 5.97 Å². The molecular weight excluding hydrogens is 437 g/mol. The van der Waals surface area contributed by atoms with Crippen molar-refractivity contribution in [2.45, 2.75) is 38.8 Å². The van der Waals surface area contributed by atoms with Crippen molar-refractivity contribution >= 4 is 11.9 Å². The number of carbonyl (C=O) groups excluding carboxylic acids is 1. The van der Waals surface area contributed by atoms with Crippen LogP contribution in [0.4, 0.5) is 4.39 Å². The lowest BCUT2D eigenvalue weighted by molar-refractivity contribution is 0.0675. The maximum atomic E-state index is 13.9. The zero-order chi connectivity index (χ0) is 24.5. The summed E-state index contributed by atoms with van der Waals surface area (Å²) in [6.45, 7) is 6.94. The van der Waals surface area contributed by atoms with Gasteiger partial charge in [0, 0.05) is 29.9 Å². The molecule has 0 spiro atoms. The average molecular weight is 466 g/mol. The first kappa shape index (κ1) is 23.5. The van der Waals surface area contributed by atoms with Crippen molar-refractivity contribution in [2.75, 3.05) is 13.1 Å². The highest BCUT2D eigenvalue weighted by Crippen LogP contribution is 2.34. The molecule has 2 heterocycles. The lowest BCUT2D eigenvalue weighted by Crippen LogP contribution is -2.41. The highest BCUT2D eigenvalue weighted by molar-refractivity contribution is 6.09. The Kier molecular flexibility index (Phi) is 6.43. The van der Waals surface area contributed by atoms with Gasteiger partial charge in [-0.15, -0.1) is 0 Å². The van der Waals surface area contributed by atoms with Crippen LogP contribution in [0.25, 0.3) is 11.1 Å². The van der Waals surface area contributed by atoms with E-state index in [2.05, 4.69) is 10.6 Å². The van der Waals surface area contributed by atoms with E-state index in [-0.39, 0.29) is 23.0 Å². The molecule has 1 aliphatic rings. The summed E-state index contributed by atoms with van der Waals surface area (Å²) in [7, 11) is 0. The summed E-state index contributed by atoms with van der Waals surface area (Å²) in [4.78, 5) is 25.6. The first-order chi connectivity index (χ1) is 16.1. The van der Waals surface area contributed by atoms with Gasteiger partial charge < -0.3 is 25.0 Å². The minimum Gasteiger partial charge on any atom is -0.477 e. The summed E-state index contributed by atoms with van der Waals surface area (Å²) in [6.07, 6.45) is 2.51. The summed E-state index contributed by atoms with van der Waals surface area (Å²) in [5.41, 5.74) is 0.725. The molecule has 3 aromatic rings. The predicted octanol–water partition coefficient (Wildman–Crippen LogP) is 4.85. The molecule has 7 nitrogen and oxygen atoms in total. The Balaban J connectivity index is 1.76. The quantitative estimate of drug-likeness (QED) is 0.484. The van der Waals surface area contributed by atoms with Gasteiger partial charge in [-0.2, -0.15) is 0 Å². The molecular formula is C26H28FN3O4. The lowest BCUT2D eigenvalue weighted by Gasteiger charge is -2.21. The molecule has 3 N–H and O–H groups in total. The van der Waals surface area contributed by atoms with Gasteiger partial charge in [0.05, 0.1) is 5.56 Å². The number of ether oxygens (including phenoxy) is 1. The number of carboxylic acids is 1. The SMILES string of the molecule is CC(C)(C)NC(=O)c1c(-c2ccc(Oc3ccccc3F)cc2)cn(C2CCNC2)c1C(=O)O. The average Bonchev–Trinajstić information content (AvgIpc) is 3.42. The van der Waals surface area contributed by atoms with E-state index in [9.17, 15) is 19.1 Å². The summed E-state index contributed by atoms with van der Waals surface area (Å²) in [5, 5.41) is 16.2. The minimum absolute atomic E-state index is 0.0304. The Bertz CT molecular complexity index is 1210. The number of halogens is 1. The molecule has 8 heteroatoms. The van der Waals surface area contributed by atoms with Gasteiger partial charge in [0.15, 0.2) is 11.6 Å². The number of nitrogens with one attached hydrogen (secondary N) is 2. The fraction of sp³-hybridized carbons (Fsp3) is 0.308. The molecule has 34 heavy (non-hydrogen) atoms. The third kappa shape index (κ3) is 4.97. The number of carboxylic acid groups (broad SMARTS) is 1. The maximum absolute atomic E-state index is 13.9. The molecule has 1 saturated heterocycles. The van der Waals surface area contributed by atoms with E-state index in [1.165, 1.54) is 12.1 Å². The number of hydrogen-bond donors (Lipinski definition) is 3. The molecule has 1 amide bonds. The Morgan fingerprint density at radius 1 is 1.15 bits per heavy atom. The number of aromatic carboxylic acids is 1. The standard InChI is InChI=1S/C26H28FN3O4/c1-26(2,3)29-24(31)22-19(15-30(23(22)25(32)33)17-12-13-28-14-17)16-8-10-18(11-9-16)34-21-7-5-4-6-20(21)27/h4-11,15,17,28H,12-14H2,1-3H3,(H,29,31)(H,32,33). The van der Waals surface area contributed by atoms with Crippen LogP contribution in [0.15, 0.2) is 54.7 Å². The van der Waals surface area contributed by atoms with Crippen LogP contribution in [0.3, 0.4) is 0 Å². The fourth-order valence-electron chi connectivity index (χ4n) is 4.12. The molecule has 1 fully saturated rings. The molecule has 1 aliphatic heterocycles. The molecule has 178 valence electrons. The molecule has 1 unspecified atom stereocenters. The van der Waals surface area contributed by atoms with E-state index in [1.807, 2.05) is 20.8 Å². The van der Waals surface area contributed by atoms with Gasteiger partial charge in [-0.05, 0) is 63.6 Å². The number of aromatic nitrogens is 1. The number of rotatable bonds is 6. The van der Waals surface area contributed by atoms with Gasteiger partial charge in [-0.1, -0.05) is 24.3 Å². The normalized spacial score (nSPS) is 15.8. The van der Waals surface area contributed by atoms with E-state index in [4.69, 9.17) is 4.74 Å². The molecule has 1 atom stereocenters. The molecule has 2 aromatic carbocycles. The topological polar surface area (TPSA) is 92.6 Å². The molecule has 0 radical (unpaired) electrons. The van der Waals surface area contributed by atoms with Crippen LogP contribution < -0.4 is 15.4 Å². The predicted molar refractivity (Wildman–Crippen MR) is 127 cm³/mol. The second-order valence-electron chi connectivity index (χ2n) is 9.39. The van der Waals surface area contributed by atoms with Crippen molar-refractivity contribution in [3.05, 3.63) is 71.8 Å². The maximum Gasteiger partial charge on any atom is 0.353 e. The Labute approximate surface area is 197 Å². The van der Waals surface area contributed by atoms with Gasteiger partial charge in [-0.3, -0.25) is 4.79 Å². The summed E-state index contributed by atoms with van der Waals surface area (Å²) in [6, 6.07) is 12.9. The zero-order valence-electron chi connectivity index (χ0n) is 19.4. The molecule has 1 aromatic heterocycles. The highest BCUT2D eigenvalue weighted by atomic mass is 19.1. The van der Waals surface area contributed by atoms with Crippen molar-refractivity contribution in [1.29, 1.82) is 0 Å². The van der Waals surface area contributed by atoms with Crippen molar-refractivity contribution in [3.63, 3.8) is 0 Å². The largest absolute Gasteiger partial charge is 0.477 e. The lowest BCUT2D eigenvalue weighted by atomic mass is 10.0. The number of hydrogen-bond acceptors (Lipinski definition) is 4. The van der Waals surface area contributed by atoms with Gasteiger partial charge in [0.1, 0.15) is 11.4 Å². The fourth-order valence-corrected chi connectivity index (χ4v) is 4.12. The van der Waals surface area contributed by atoms with E-state index in [0.29, 0.717) is 23.4 Å². The Hall–Kier alpha value is -3.65. The van der Waals surface area contributed by atoms with Crippen molar-refractivity contribution in [1.82, 2.24) is 15.2 Å². The number of para-hydroxylation sites is 1. The third-order valence-electron chi connectivity index (χ3n) is 5.61. The minimum atomic E-state index is -1.16. The molecule has 0 aliphatic carbocycles. The molecule has 0 bridgehead atoms. The number of nitrogens with zero attached hydrogens (tertiary/aromatic N) is 1. The summed E-state index contributed by atoms with van der Waals surface area (Å²) >= 11 is 0. The van der Waals surface area contributed by atoms with Crippen molar-refractivity contribution < 1.29 is 23.8 Å². The van der Waals surface area contributed by atoms with E-state index in [0.717, 1.165) is 13.0 Å². The van der Waals surface area contributed by atoms with Crippen molar-refractivity contribution in [2.24, 2.45) is 0 Å². The highest BCUT2D eigenvalue weighted by Gasteiger charge is 2.32. The van der Waals surface area contributed by atoms with E-state index < -0.39 is 23.2 Å². The Morgan fingerprint density at radius 2 is 1.85 bits per heavy atom. The summed E-state index contributed by atoms with van der Waals surface area (Å²) in [5.74, 6) is -1.55. The second-order valence-corrected chi connectivity index (χ2v) is 9.39. The van der Waals surface area contributed by atoms with Crippen LogP contribution in [0, 0.1) is 5.82 Å². The number of carbonyl (C=O) groups is 2. The number of amides is 1. The smallest absolute Gasteiger partial charge is 0.353 e. The monoisotopic (exact) mass is 465 g/mol. The van der Waals surface area contributed by atoms with E-state index in [1.54, 1.807) is 47.2 Å². The van der Waals surface area contributed by atoms with Crippen LogP contribution in [0.5, 0.6) is 11.5 Å². The molecule has 4 rings (SSSR count). The van der Waals surface area contributed by atoms with Crippen molar-refractivity contribution in [3.8, 4) is 22.6 Å². The molecule has 0 saturated carbocycles. The van der Waals surface area contributed by atoms with Gasteiger partial charge in [0.25, 0.3) is 5.91 Å². The number of benzene rings is 2. The van der Waals surface area contributed by atoms with Gasteiger partial charge in [0.2, 0.25) is 0 Å². The van der Waals surface area contributed by atoms with Crippen LogP contribution >= 0.6 is 0 Å². The van der Waals surface area contributed by atoms with E-state index >= 15 is 0 Å². The zero-order valence-corrected chi connectivity index (χ0v) is 19.4. The van der Waals surface area contributed by atoms with Crippen LogP contribution in [-0.2, 0) is 0 Å². The van der Waals surface area contributed by atoms with Crippen LogP contribution in [-0.4, -0.2) is 40.2 Å². The first-order valence-electron chi connectivity index (χ1n) is 11.2. The Morgan fingerprint density at radius 3 is 2.44 bits per heavy atom. The van der Waals surface area contributed by atoms with Gasteiger partial charge in [-0.25, -0.2) is 9.18 Å². The second kappa shape index (κ2) is 9.30. The van der Waals surface area contributed by atoms with Crippen LogP contribution in [0.2, 0.25) is 0 Å². The third-order valence-corrected chi connectivity index (χ3v) is 5.61.